The number of aliphatic carboxylic acids is 1. The number of benzene rings is 1. The molecule has 0 aliphatic heterocycles. The molecule has 0 aliphatic rings. The molecular formula is C9H10BrNO3. The van der Waals surface area contributed by atoms with Gasteiger partial charge in [-0.25, -0.2) is 4.79 Å². The summed E-state index contributed by atoms with van der Waals surface area (Å²) in [6, 6.07) is 6.08. The quantitative estimate of drug-likeness (QED) is 0.763. The number of aliphatic hydroxyl groups excluding tert-OH is 1. The van der Waals surface area contributed by atoms with Crippen LogP contribution >= 0.6 is 15.9 Å². The van der Waals surface area contributed by atoms with Crippen molar-refractivity contribution in [2.24, 2.45) is 0 Å². The Bertz CT molecular complexity index is 312. The van der Waals surface area contributed by atoms with Crippen LogP contribution in [-0.4, -0.2) is 28.8 Å². The van der Waals surface area contributed by atoms with Crippen LogP contribution in [0, 0.1) is 0 Å². The lowest BCUT2D eigenvalue weighted by Crippen LogP contribution is -2.32. The van der Waals surface area contributed by atoms with E-state index in [9.17, 15) is 4.79 Å². The third-order valence-corrected chi connectivity index (χ3v) is 2.19. The fourth-order valence-corrected chi connectivity index (χ4v) is 1.20. The van der Waals surface area contributed by atoms with Crippen LogP contribution in [0.2, 0.25) is 0 Å². The molecule has 14 heavy (non-hydrogen) atoms. The molecule has 0 fully saturated rings. The highest BCUT2D eigenvalue weighted by molar-refractivity contribution is 9.10. The van der Waals surface area contributed by atoms with Gasteiger partial charge >= 0.3 is 5.97 Å². The summed E-state index contributed by atoms with van der Waals surface area (Å²) in [4.78, 5) is 10.6. The number of carbonyl (C=O) groups is 1. The smallest absolute Gasteiger partial charge is 0.328 e. The maximum absolute atomic E-state index is 10.6. The highest BCUT2D eigenvalue weighted by Gasteiger charge is 2.14. The lowest BCUT2D eigenvalue weighted by atomic mass is 10.2. The highest BCUT2D eigenvalue weighted by atomic mass is 79.9. The van der Waals surface area contributed by atoms with E-state index in [1.54, 1.807) is 24.3 Å². The van der Waals surface area contributed by atoms with E-state index < -0.39 is 18.6 Å². The Morgan fingerprint density at radius 3 is 2.43 bits per heavy atom. The number of halogens is 1. The van der Waals surface area contributed by atoms with Gasteiger partial charge in [0.05, 0.1) is 6.61 Å². The predicted molar refractivity (Wildman–Crippen MR) is 56.3 cm³/mol. The van der Waals surface area contributed by atoms with Gasteiger partial charge in [0.1, 0.15) is 6.04 Å². The lowest BCUT2D eigenvalue weighted by Gasteiger charge is -2.12. The van der Waals surface area contributed by atoms with Gasteiger partial charge in [-0.1, -0.05) is 15.9 Å². The molecule has 4 nitrogen and oxygen atoms in total. The molecule has 0 radical (unpaired) electrons. The van der Waals surface area contributed by atoms with Crippen molar-refractivity contribution in [1.29, 1.82) is 0 Å². The summed E-state index contributed by atoms with van der Waals surface area (Å²) in [5.41, 5.74) is 0.662. The summed E-state index contributed by atoms with van der Waals surface area (Å²) in [5.74, 6) is -1.07. The van der Waals surface area contributed by atoms with Gasteiger partial charge in [-0.05, 0) is 24.3 Å². The van der Waals surface area contributed by atoms with Gasteiger partial charge in [-0.3, -0.25) is 0 Å². The van der Waals surface area contributed by atoms with E-state index in [-0.39, 0.29) is 0 Å². The van der Waals surface area contributed by atoms with Crippen LogP contribution in [0.4, 0.5) is 5.69 Å². The van der Waals surface area contributed by atoms with Crippen molar-refractivity contribution in [3.8, 4) is 0 Å². The first-order valence-electron chi connectivity index (χ1n) is 3.99. The zero-order valence-electron chi connectivity index (χ0n) is 7.27. The van der Waals surface area contributed by atoms with Crippen LogP contribution in [0.5, 0.6) is 0 Å². The number of aliphatic hydroxyl groups is 1. The van der Waals surface area contributed by atoms with E-state index in [0.717, 1.165) is 4.47 Å². The minimum absolute atomic E-state index is 0.439. The second-order valence-electron chi connectivity index (χ2n) is 2.72. The van der Waals surface area contributed by atoms with Crippen molar-refractivity contribution < 1.29 is 15.0 Å². The van der Waals surface area contributed by atoms with E-state index in [1.807, 2.05) is 0 Å². The minimum atomic E-state index is -1.07. The summed E-state index contributed by atoms with van der Waals surface area (Å²) in [7, 11) is 0. The van der Waals surface area contributed by atoms with Crippen molar-refractivity contribution >= 4 is 27.6 Å². The molecule has 0 saturated heterocycles. The van der Waals surface area contributed by atoms with Crippen molar-refractivity contribution in [2.75, 3.05) is 11.9 Å². The normalized spacial score (nSPS) is 12.1. The molecule has 3 N–H and O–H groups in total. The molecule has 0 aromatic heterocycles. The molecule has 1 aromatic rings. The third-order valence-electron chi connectivity index (χ3n) is 1.67. The van der Waals surface area contributed by atoms with Crippen molar-refractivity contribution in [1.82, 2.24) is 0 Å². The van der Waals surface area contributed by atoms with Gasteiger partial charge in [-0.15, -0.1) is 0 Å². The zero-order valence-corrected chi connectivity index (χ0v) is 8.86. The Morgan fingerprint density at radius 2 is 2.00 bits per heavy atom. The Balaban J connectivity index is 2.67. The molecule has 0 unspecified atom stereocenters. The van der Waals surface area contributed by atoms with Gasteiger partial charge in [0.25, 0.3) is 0 Å². The molecule has 0 saturated carbocycles. The van der Waals surface area contributed by atoms with Crippen LogP contribution in [-0.2, 0) is 4.79 Å². The van der Waals surface area contributed by atoms with Crippen LogP contribution in [0.15, 0.2) is 28.7 Å². The van der Waals surface area contributed by atoms with Crippen molar-refractivity contribution in [2.45, 2.75) is 6.04 Å². The molecule has 0 aliphatic carbocycles. The number of carboxylic acid groups (broad SMARTS) is 1. The second kappa shape index (κ2) is 4.97. The Morgan fingerprint density at radius 1 is 1.43 bits per heavy atom. The fraction of sp³-hybridized carbons (Fsp3) is 0.222. The number of hydrogen-bond donors (Lipinski definition) is 3. The van der Waals surface area contributed by atoms with E-state index in [2.05, 4.69) is 21.2 Å². The molecule has 1 aromatic carbocycles. The molecule has 0 amide bonds. The molecule has 76 valence electrons. The average molecular weight is 260 g/mol. The van der Waals surface area contributed by atoms with Gasteiger partial charge < -0.3 is 15.5 Å². The fourth-order valence-electron chi connectivity index (χ4n) is 0.933. The van der Waals surface area contributed by atoms with E-state index in [1.165, 1.54) is 0 Å². The summed E-state index contributed by atoms with van der Waals surface area (Å²) >= 11 is 3.26. The first-order valence-corrected chi connectivity index (χ1v) is 4.78. The minimum Gasteiger partial charge on any atom is -0.480 e. The lowest BCUT2D eigenvalue weighted by molar-refractivity contribution is -0.138. The number of carboxylic acids is 1. The number of nitrogens with one attached hydrogen (secondary N) is 1. The number of rotatable bonds is 4. The highest BCUT2D eigenvalue weighted by Crippen LogP contribution is 2.14. The summed E-state index contributed by atoms with van der Waals surface area (Å²) < 4.78 is 0.916. The van der Waals surface area contributed by atoms with Gasteiger partial charge in [-0.2, -0.15) is 0 Å². The Labute approximate surface area is 89.7 Å². The number of hydrogen-bond acceptors (Lipinski definition) is 3. The molecule has 1 atom stereocenters. The third kappa shape index (κ3) is 3.01. The predicted octanol–water partition coefficient (Wildman–Crippen LogP) is 1.31. The molecule has 0 spiro atoms. The number of anilines is 1. The average Bonchev–Trinajstić information content (AvgIpc) is 2.16. The topological polar surface area (TPSA) is 69.6 Å². The molecular weight excluding hydrogens is 250 g/mol. The summed E-state index contributed by atoms with van der Waals surface area (Å²) in [6.45, 7) is -0.439. The van der Waals surface area contributed by atoms with Crippen molar-refractivity contribution in [3.05, 3.63) is 28.7 Å². The first kappa shape index (κ1) is 11.0. The van der Waals surface area contributed by atoms with Gasteiger partial charge in [0, 0.05) is 10.2 Å². The maximum Gasteiger partial charge on any atom is 0.328 e. The zero-order chi connectivity index (χ0) is 10.6. The summed E-state index contributed by atoms with van der Waals surface area (Å²) in [6.07, 6.45) is 0. The van der Waals surface area contributed by atoms with Crippen molar-refractivity contribution in [3.63, 3.8) is 0 Å². The Kier molecular flexibility index (Phi) is 3.91. The SMILES string of the molecule is O=C(O)[C@H](CO)Nc1ccc(Br)cc1. The van der Waals surface area contributed by atoms with Crippen LogP contribution < -0.4 is 5.32 Å². The monoisotopic (exact) mass is 259 g/mol. The Hall–Kier alpha value is -1.07. The second-order valence-corrected chi connectivity index (χ2v) is 3.64. The first-order chi connectivity index (χ1) is 6.63. The standard InChI is InChI=1S/C9H10BrNO3/c10-6-1-3-7(4-2-6)11-8(5-12)9(13)14/h1-4,8,11-12H,5H2,(H,13,14)/t8-/m0/s1. The van der Waals surface area contributed by atoms with Crippen LogP contribution in [0.25, 0.3) is 0 Å². The molecule has 0 bridgehead atoms. The largest absolute Gasteiger partial charge is 0.480 e. The summed E-state index contributed by atoms with van der Waals surface area (Å²) in [5, 5.41) is 20.1. The molecule has 1 rings (SSSR count). The van der Waals surface area contributed by atoms with Gasteiger partial charge in [0.15, 0.2) is 0 Å². The van der Waals surface area contributed by atoms with Gasteiger partial charge in [0.2, 0.25) is 0 Å². The molecule has 5 heteroatoms. The van der Waals surface area contributed by atoms with E-state index in [0.29, 0.717) is 5.69 Å². The van der Waals surface area contributed by atoms with E-state index in [4.69, 9.17) is 10.2 Å². The van der Waals surface area contributed by atoms with Crippen LogP contribution in [0.3, 0.4) is 0 Å². The van der Waals surface area contributed by atoms with E-state index >= 15 is 0 Å². The molecule has 0 heterocycles. The maximum atomic E-state index is 10.6. The van der Waals surface area contributed by atoms with Crippen LogP contribution in [0.1, 0.15) is 0 Å².